The number of rotatable bonds is 3. The molecule has 0 bridgehead atoms. The summed E-state index contributed by atoms with van der Waals surface area (Å²) in [6.45, 7) is 3.41. The first-order valence-corrected chi connectivity index (χ1v) is 7.74. The number of para-hydroxylation sites is 1. The fourth-order valence-corrected chi connectivity index (χ4v) is 3.41. The third-order valence-electron chi connectivity index (χ3n) is 3.15. The Hall–Kier alpha value is -2.39. The van der Waals surface area contributed by atoms with Crippen LogP contribution in [-0.2, 0) is 10.0 Å². The second kappa shape index (κ2) is 5.54. The standard InChI is InChI=1S/C15H15N3O2S/c1-11-9-12(2)17-15(14(11)10-16)21(19,20)18(3)13-7-5-4-6-8-13/h4-9H,1-3H3. The number of sulfonamides is 1. The number of aromatic nitrogens is 1. The van der Waals surface area contributed by atoms with Crippen molar-refractivity contribution in [1.82, 2.24) is 4.98 Å². The van der Waals surface area contributed by atoms with E-state index in [-0.39, 0.29) is 10.6 Å². The van der Waals surface area contributed by atoms with Crippen molar-refractivity contribution in [2.24, 2.45) is 0 Å². The van der Waals surface area contributed by atoms with Crippen LogP contribution >= 0.6 is 0 Å². The van der Waals surface area contributed by atoms with Gasteiger partial charge in [0.05, 0.1) is 11.3 Å². The second-order valence-electron chi connectivity index (χ2n) is 4.68. The normalized spacial score (nSPS) is 11.0. The molecule has 0 aliphatic rings. The monoisotopic (exact) mass is 301 g/mol. The van der Waals surface area contributed by atoms with E-state index in [0.29, 0.717) is 16.9 Å². The van der Waals surface area contributed by atoms with Crippen LogP contribution in [0.5, 0.6) is 0 Å². The molecule has 5 nitrogen and oxygen atoms in total. The molecular formula is C15H15N3O2S. The van der Waals surface area contributed by atoms with Crippen molar-refractivity contribution in [3.05, 3.63) is 53.2 Å². The van der Waals surface area contributed by atoms with Gasteiger partial charge in [0.25, 0.3) is 10.0 Å². The van der Waals surface area contributed by atoms with Crippen LogP contribution in [-0.4, -0.2) is 20.4 Å². The summed E-state index contributed by atoms with van der Waals surface area (Å²) in [5, 5.41) is 9.03. The first-order valence-electron chi connectivity index (χ1n) is 6.30. The topological polar surface area (TPSA) is 74.1 Å². The SMILES string of the molecule is Cc1cc(C)c(C#N)c(S(=O)(=O)N(C)c2ccccc2)n1. The van der Waals surface area contributed by atoms with Gasteiger partial charge in [0.15, 0.2) is 5.03 Å². The second-order valence-corrected chi connectivity index (χ2v) is 6.57. The summed E-state index contributed by atoms with van der Waals surface area (Å²) in [6, 6.07) is 12.3. The maximum absolute atomic E-state index is 12.7. The third-order valence-corrected chi connectivity index (χ3v) is 4.86. The fraction of sp³-hybridized carbons (Fsp3) is 0.200. The predicted molar refractivity (Wildman–Crippen MR) is 80.5 cm³/mol. The van der Waals surface area contributed by atoms with E-state index < -0.39 is 10.0 Å². The Balaban J connectivity index is 2.63. The zero-order chi connectivity index (χ0) is 15.6. The highest BCUT2D eigenvalue weighted by Gasteiger charge is 2.27. The van der Waals surface area contributed by atoms with E-state index in [4.69, 9.17) is 0 Å². The molecule has 6 heteroatoms. The quantitative estimate of drug-likeness (QED) is 0.872. The molecule has 2 rings (SSSR count). The Morgan fingerprint density at radius 2 is 1.81 bits per heavy atom. The van der Waals surface area contributed by atoms with Gasteiger partial charge in [-0.25, -0.2) is 4.98 Å². The molecule has 1 heterocycles. The molecule has 0 spiro atoms. The Kier molecular flexibility index (Phi) is 3.96. The van der Waals surface area contributed by atoms with E-state index >= 15 is 0 Å². The number of aryl methyl sites for hydroxylation is 2. The number of anilines is 1. The summed E-state index contributed by atoms with van der Waals surface area (Å²) in [4.78, 5) is 4.07. The van der Waals surface area contributed by atoms with E-state index in [0.717, 1.165) is 4.31 Å². The van der Waals surface area contributed by atoms with Gasteiger partial charge in [-0.2, -0.15) is 13.7 Å². The van der Waals surface area contributed by atoms with Crippen LogP contribution in [0, 0.1) is 25.2 Å². The Labute approximate surface area is 124 Å². The van der Waals surface area contributed by atoms with E-state index in [9.17, 15) is 13.7 Å². The molecule has 1 aromatic carbocycles. The lowest BCUT2D eigenvalue weighted by atomic mass is 10.1. The largest absolute Gasteiger partial charge is 0.282 e. The zero-order valence-electron chi connectivity index (χ0n) is 12.0. The number of pyridine rings is 1. The summed E-state index contributed by atoms with van der Waals surface area (Å²) in [5.74, 6) is 0. The smallest absolute Gasteiger partial charge is 0.268 e. The predicted octanol–water partition coefficient (Wildman–Crippen LogP) is 2.40. The van der Waals surface area contributed by atoms with Gasteiger partial charge in [-0.05, 0) is 37.6 Å². The van der Waals surface area contributed by atoms with Crippen molar-refractivity contribution in [2.45, 2.75) is 18.9 Å². The van der Waals surface area contributed by atoms with Crippen molar-refractivity contribution in [1.29, 1.82) is 5.26 Å². The lowest BCUT2D eigenvalue weighted by Crippen LogP contribution is -2.28. The average molecular weight is 301 g/mol. The van der Waals surface area contributed by atoms with Crippen LogP contribution in [0.1, 0.15) is 16.8 Å². The third kappa shape index (κ3) is 2.73. The van der Waals surface area contributed by atoms with Gasteiger partial charge in [0, 0.05) is 12.7 Å². The Morgan fingerprint density at radius 3 is 2.38 bits per heavy atom. The van der Waals surface area contributed by atoms with Crippen LogP contribution in [0.15, 0.2) is 41.4 Å². The van der Waals surface area contributed by atoms with Gasteiger partial charge in [0.2, 0.25) is 0 Å². The highest BCUT2D eigenvalue weighted by molar-refractivity contribution is 7.92. The molecule has 2 aromatic rings. The van der Waals surface area contributed by atoms with Crippen molar-refractivity contribution >= 4 is 15.7 Å². The summed E-state index contributed by atoms with van der Waals surface area (Å²) in [7, 11) is -2.43. The summed E-state index contributed by atoms with van der Waals surface area (Å²) in [6.07, 6.45) is 0. The van der Waals surface area contributed by atoms with Gasteiger partial charge in [-0.3, -0.25) is 4.31 Å². The van der Waals surface area contributed by atoms with Gasteiger partial charge in [-0.1, -0.05) is 18.2 Å². The first kappa shape index (κ1) is 15.0. The lowest BCUT2D eigenvalue weighted by Gasteiger charge is -2.20. The van der Waals surface area contributed by atoms with E-state index in [1.54, 1.807) is 50.2 Å². The number of hydrogen-bond acceptors (Lipinski definition) is 4. The fourth-order valence-electron chi connectivity index (χ4n) is 2.03. The molecule has 0 radical (unpaired) electrons. The minimum Gasteiger partial charge on any atom is -0.268 e. The maximum Gasteiger partial charge on any atom is 0.282 e. The Bertz CT molecular complexity index is 809. The van der Waals surface area contributed by atoms with Crippen LogP contribution in [0.2, 0.25) is 0 Å². The molecule has 0 amide bonds. The molecule has 0 atom stereocenters. The van der Waals surface area contributed by atoms with Gasteiger partial charge < -0.3 is 0 Å². The molecule has 0 aliphatic heterocycles. The van der Waals surface area contributed by atoms with Crippen molar-refractivity contribution in [3.63, 3.8) is 0 Å². The molecule has 0 N–H and O–H groups in total. The van der Waals surface area contributed by atoms with Crippen molar-refractivity contribution in [2.75, 3.05) is 11.4 Å². The Morgan fingerprint density at radius 1 is 1.19 bits per heavy atom. The van der Waals surface area contributed by atoms with Gasteiger partial charge >= 0.3 is 0 Å². The molecule has 0 unspecified atom stereocenters. The molecule has 1 aromatic heterocycles. The summed E-state index contributed by atoms with van der Waals surface area (Å²) in [5.41, 5.74) is 1.77. The minimum atomic E-state index is -3.88. The number of hydrogen-bond donors (Lipinski definition) is 0. The van der Waals surface area contributed by atoms with Crippen molar-refractivity contribution in [3.8, 4) is 6.07 Å². The first-order chi connectivity index (χ1) is 9.87. The van der Waals surface area contributed by atoms with Crippen LogP contribution in [0.4, 0.5) is 5.69 Å². The number of nitrogens with zero attached hydrogens (tertiary/aromatic N) is 3. The molecular weight excluding hydrogens is 286 g/mol. The molecule has 0 saturated heterocycles. The van der Waals surface area contributed by atoms with Crippen molar-refractivity contribution < 1.29 is 8.42 Å². The number of benzene rings is 1. The van der Waals surface area contributed by atoms with Crippen LogP contribution in [0.25, 0.3) is 0 Å². The maximum atomic E-state index is 12.7. The molecule has 0 saturated carbocycles. The lowest BCUT2D eigenvalue weighted by molar-refractivity contribution is 0.589. The average Bonchev–Trinajstić information content (AvgIpc) is 2.46. The summed E-state index contributed by atoms with van der Waals surface area (Å²) < 4.78 is 26.6. The minimum absolute atomic E-state index is 0.0865. The van der Waals surface area contributed by atoms with Crippen LogP contribution in [0.3, 0.4) is 0 Å². The zero-order valence-corrected chi connectivity index (χ0v) is 12.8. The summed E-state index contributed by atoms with van der Waals surface area (Å²) >= 11 is 0. The molecule has 108 valence electrons. The molecule has 0 fully saturated rings. The van der Waals surface area contributed by atoms with E-state index in [1.807, 2.05) is 6.07 Å². The molecule has 21 heavy (non-hydrogen) atoms. The van der Waals surface area contributed by atoms with Crippen LogP contribution < -0.4 is 4.31 Å². The van der Waals surface area contributed by atoms with Gasteiger partial charge in [-0.15, -0.1) is 0 Å². The van der Waals surface area contributed by atoms with Gasteiger partial charge in [0.1, 0.15) is 6.07 Å². The van der Waals surface area contributed by atoms with E-state index in [2.05, 4.69) is 4.98 Å². The highest BCUT2D eigenvalue weighted by atomic mass is 32.2. The highest BCUT2D eigenvalue weighted by Crippen LogP contribution is 2.24. The van der Waals surface area contributed by atoms with E-state index in [1.165, 1.54) is 7.05 Å². The molecule has 0 aliphatic carbocycles. The number of nitriles is 1.